The van der Waals surface area contributed by atoms with Crippen molar-refractivity contribution in [2.24, 2.45) is 11.8 Å². The Labute approximate surface area is 134 Å². The van der Waals surface area contributed by atoms with E-state index in [1.807, 2.05) is 0 Å². The molecule has 0 heterocycles. The van der Waals surface area contributed by atoms with Crippen molar-refractivity contribution in [2.75, 3.05) is 0 Å². The predicted molar refractivity (Wildman–Crippen MR) is 95.2 cm³/mol. The molecule has 0 aliphatic rings. The van der Waals surface area contributed by atoms with Gasteiger partial charge in [-0.05, 0) is 49.2 Å². The Hall–Kier alpha value is -0.153. The van der Waals surface area contributed by atoms with Crippen LogP contribution in [0.2, 0.25) is 18.1 Å². The Bertz CT molecular complexity index is 294. The van der Waals surface area contributed by atoms with E-state index in [2.05, 4.69) is 54.6 Å². The number of hydrogen-bond acceptors (Lipinski definition) is 2. The Morgan fingerprint density at radius 2 is 1.71 bits per heavy atom. The van der Waals surface area contributed by atoms with Gasteiger partial charge in [0.15, 0.2) is 8.32 Å². The van der Waals surface area contributed by atoms with Crippen molar-refractivity contribution in [3.8, 4) is 0 Å². The molecule has 2 nitrogen and oxygen atoms in total. The quantitative estimate of drug-likeness (QED) is 0.375. The van der Waals surface area contributed by atoms with Gasteiger partial charge in [-0.15, -0.1) is 0 Å². The zero-order valence-corrected chi connectivity index (χ0v) is 16.7. The lowest BCUT2D eigenvalue weighted by molar-refractivity contribution is -0.108. The lowest BCUT2D eigenvalue weighted by atomic mass is 9.86. The third-order valence-electron chi connectivity index (χ3n) is 5.24. The first-order valence-corrected chi connectivity index (χ1v) is 11.6. The molecule has 0 spiro atoms. The first-order chi connectivity index (χ1) is 9.59. The van der Waals surface area contributed by atoms with Gasteiger partial charge in [0.1, 0.15) is 6.29 Å². The Morgan fingerprint density at radius 1 is 1.14 bits per heavy atom. The molecular weight excluding hydrogens is 276 g/mol. The lowest BCUT2D eigenvalue weighted by Crippen LogP contribution is -2.45. The van der Waals surface area contributed by atoms with Crippen LogP contribution in [0.5, 0.6) is 0 Å². The summed E-state index contributed by atoms with van der Waals surface area (Å²) in [6, 6.07) is 0. The van der Waals surface area contributed by atoms with Crippen molar-refractivity contribution in [2.45, 2.75) is 97.9 Å². The molecule has 0 unspecified atom stereocenters. The lowest BCUT2D eigenvalue weighted by Gasteiger charge is -2.41. The molecule has 3 atom stereocenters. The highest BCUT2D eigenvalue weighted by atomic mass is 28.4. The molecule has 0 fully saturated rings. The SMILES string of the molecule is CC[C@H](C)C[C@@H](CCC=O)[C@@H](CC)O[Si](C)(C)C(C)(C)C. The van der Waals surface area contributed by atoms with Gasteiger partial charge in [0.2, 0.25) is 0 Å². The summed E-state index contributed by atoms with van der Waals surface area (Å²) in [7, 11) is -1.74. The summed E-state index contributed by atoms with van der Waals surface area (Å²) < 4.78 is 6.68. The average molecular weight is 315 g/mol. The first-order valence-electron chi connectivity index (χ1n) is 8.70. The molecule has 0 amide bonds. The van der Waals surface area contributed by atoms with Gasteiger partial charge in [0.25, 0.3) is 0 Å². The summed E-state index contributed by atoms with van der Waals surface area (Å²) in [4.78, 5) is 10.8. The minimum atomic E-state index is -1.74. The normalized spacial score (nSPS) is 17.3. The van der Waals surface area contributed by atoms with Crippen molar-refractivity contribution < 1.29 is 9.22 Å². The highest BCUT2D eigenvalue weighted by Gasteiger charge is 2.40. The second-order valence-electron chi connectivity index (χ2n) is 8.08. The molecule has 21 heavy (non-hydrogen) atoms. The maximum Gasteiger partial charge on any atom is 0.192 e. The second-order valence-corrected chi connectivity index (χ2v) is 12.8. The van der Waals surface area contributed by atoms with E-state index in [1.54, 1.807) is 0 Å². The van der Waals surface area contributed by atoms with Crippen LogP contribution >= 0.6 is 0 Å². The van der Waals surface area contributed by atoms with Gasteiger partial charge < -0.3 is 9.22 Å². The van der Waals surface area contributed by atoms with Gasteiger partial charge in [0, 0.05) is 12.5 Å². The van der Waals surface area contributed by atoms with Crippen molar-refractivity contribution in [3.05, 3.63) is 0 Å². The van der Waals surface area contributed by atoms with E-state index in [-0.39, 0.29) is 5.04 Å². The van der Waals surface area contributed by atoms with Crippen LogP contribution < -0.4 is 0 Å². The van der Waals surface area contributed by atoms with E-state index in [9.17, 15) is 4.79 Å². The van der Waals surface area contributed by atoms with E-state index >= 15 is 0 Å². The van der Waals surface area contributed by atoms with Crippen LogP contribution in [0, 0.1) is 11.8 Å². The highest BCUT2D eigenvalue weighted by molar-refractivity contribution is 6.74. The predicted octanol–water partition coefficient (Wildman–Crippen LogP) is 5.82. The Kier molecular flexibility index (Phi) is 9.02. The summed E-state index contributed by atoms with van der Waals surface area (Å²) in [5.41, 5.74) is 0. The molecule has 0 aromatic carbocycles. The molecule has 0 aliphatic carbocycles. The van der Waals surface area contributed by atoms with Crippen molar-refractivity contribution in [1.82, 2.24) is 0 Å². The molecular formula is C18H38O2Si. The van der Waals surface area contributed by atoms with E-state index in [0.29, 0.717) is 24.4 Å². The van der Waals surface area contributed by atoms with Gasteiger partial charge in [0.05, 0.1) is 0 Å². The molecule has 0 aromatic rings. The molecule has 0 N–H and O–H groups in total. The molecule has 0 saturated heterocycles. The fourth-order valence-corrected chi connectivity index (χ4v) is 3.96. The van der Waals surface area contributed by atoms with Crippen LogP contribution in [0.1, 0.15) is 73.6 Å². The van der Waals surface area contributed by atoms with Crippen LogP contribution in [0.4, 0.5) is 0 Å². The second kappa shape index (κ2) is 9.09. The van der Waals surface area contributed by atoms with Crippen LogP contribution in [-0.4, -0.2) is 20.7 Å². The van der Waals surface area contributed by atoms with Gasteiger partial charge in [-0.3, -0.25) is 0 Å². The number of carbonyl (C=O) groups excluding carboxylic acids is 1. The standard InChI is InChI=1S/C18H38O2Si/c1-9-15(3)14-16(12-11-13-19)17(10-2)20-21(7,8)18(4,5)6/h13,15-17H,9-12,14H2,1-8H3/t15-,16+,17+/m0/s1. The van der Waals surface area contributed by atoms with Crippen LogP contribution in [-0.2, 0) is 9.22 Å². The number of rotatable bonds is 10. The molecule has 0 saturated carbocycles. The van der Waals surface area contributed by atoms with E-state index < -0.39 is 8.32 Å². The van der Waals surface area contributed by atoms with Gasteiger partial charge in [-0.1, -0.05) is 48.0 Å². The fourth-order valence-electron chi connectivity index (χ4n) is 2.49. The summed E-state index contributed by atoms with van der Waals surface area (Å²) in [5.74, 6) is 1.22. The summed E-state index contributed by atoms with van der Waals surface area (Å²) in [6.07, 6.45) is 6.43. The monoisotopic (exact) mass is 314 g/mol. The third-order valence-corrected chi connectivity index (χ3v) is 9.74. The third kappa shape index (κ3) is 7.10. The topological polar surface area (TPSA) is 26.3 Å². The molecule has 0 radical (unpaired) electrons. The number of carbonyl (C=O) groups is 1. The zero-order chi connectivity index (χ0) is 16.7. The minimum Gasteiger partial charge on any atom is -0.414 e. The highest BCUT2D eigenvalue weighted by Crippen LogP contribution is 2.39. The molecule has 0 bridgehead atoms. The van der Waals surface area contributed by atoms with Gasteiger partial charge in [-0.2, -0.15) is 0 Å². The molecule has 126 valence electrons. The van der Waals surface area contributed by atoms with Crippen molar-refractivity contribution in [3.63, 3.8) is 0 Å². The maximum atomic E-state index is 10.8. The minimum absolute atomic E-state index is 0.242. The fraction of sp³-hybridized carbons (Fsp3) is 0.944. The first kappa shape index (κ1) is 20.8. The summed E-state index contributed by atoms with van der Waals surface area (Å²) >= 11 is 0. The largest absolute Gasteiger partial charge is 0.414 e. The van der Waals surface area contributed by atoms with Gasteiger partial charge in [-0.25, -0.2) is 0 Å². The van der Waals surface area contributed by atoms with Crippen molar-refractivity contribution >= 4 is 14.6 Å². The Morgan fingerprint density at radius 3 is 2.10 bits per heavy atom. The van der Waals surface area contributed by atoms with E-state index in [1.165, 1.54) is 12.8 Å². The van der Waals surface area contributed by atoms with Crippen LogP contribution in [0.15, 0.2) is 0 Å². The zero-order valence-electron chi connectivity index (χ0n) is 15.7. The van der Waals surface area contributed by atoms with Crippen LogP contribution in [0.25, 0.3) is 0 Å². The number of aldehydes is 1. The molecule has 0 aromatic heterocycles. The maximum absolute atomic E-state index is 10.8. The number of hydrogen-bond donors (Lipinski definition) is 0. The molecule has 0 rings (SSSR count). The van der Waals surface area contributed by atoms with Gasteiger partial charge >= 0.3 is 0 Å². The van der Waals surface area contributed by atoms with E-state index in [0.717, 1.165) is 19.1 Å². The molecule has 0 aliphatic heterocycles. The van der Waals surface area contributed by atoms with Crippen LogP contribution in [0.3, 0.4) is 0 Å². The average Bonchev–Trinajstić information content (AvgIpc) is 2.39. The smallest absolute Gasteiger partial charge is 0.192 e. The molecule has 3 heteroatoms. The van der Waals surface area contributed by atoms with E-state index in [4.69, 9.17) is 4.43 Å². The van der Waals surface area contributed by atoms with Crippen molar-refractivity contribution in [1.29, 1.82) is 0 Å². The summed E-state index contributed by atoms with van der Waals surface area (Å²) in [5, 5.41) is 0.242. The summed E-state index contributed by atoms with van der Waals surface area (Å²) in [6.45, 7) is 18.3. The Balaban J connectivity index is 4.99.